The molecule has 1 heterocycles. The van der Waals surface area contributed by atoms with Crippen LogP contribution < -0.4 is 0 Å². The highest BCUT2D eigenvalue weighted by Gasteiger charge is 2.23. The van der Waals surface area contributed by atoms with Gasteiger partial charge in [0.05, 0.1) is 29.6 Å². The highest BCUT2D eigenvalue weighted by molar-refractivity contribution is 6.00. The monoisotopic (exact) mass is 248 g/mol. The largest absolute Gasteiger partial charge is 0.478 e. The number of ether oxygens (including phenoxy) is 1. The third kappa shape index (κ3) is 1.97. The molecule has 0 aliphatic rings. The Labute approximate surface area is 105 Å². The van der Waals surface area contributed by atoms with Crippen molar-refractivity contribution in [3.63, 3.8) is 0 Å². The quantitative estimate of drug-likeness (QED) is 0.900. The summed E-state index contributed by atoms with van der Waals surface area (Å²) in [6.07, 6.45) is 1.66. The van der Waals surface area contributed by atoms with Crippen molar-refractivity contribution in [3.8, 4) is 0 Å². The first-order valence-corrected chi connectivity index (χ1v) is 5.66. The van der Waals surface area contributed by atoms with E-state index in [2.05, 4.69) is 4.98 Å². The summed E-state index contributed by atoms with van der Waals surface area (Å²) in [5.41, 5.74) is 1.26. The fourth-order valence-corrected chi connectivity index (χ4v) is 2.12. The van der Waals surface area contributed by atoms with Crippen molar-refractivity contribution < 1.29 is 14.6 Å². The summed E-state index contributed by atoms with van der Waals surface area (Å²) < 4.78 is 7.13. The van der Waals surface area contributed by atoms with E-state index in [1.165, 1.54) is 0 Å². The third-order valence-electron chi connectivity index (χ3n) is 2.96. The van der Waals surface area contributed by atoms with Gasteiger partial charge in [-0.1, -0.05) is 6.07 Å². The first-order chi connectivity index (χ1) is 8.47. The average molecular weight is 248 g/mol. The number of nitrogens with zero attached hydrogens (tertiary/aromatic N) is 2. The van der Waals surface area contributed by atoms with E-state index in [1.807, 2.05) is 24.5 Å². The normalized spacial score (nSPS) is 11.9. The molecule has 1 N–H and O–H groups in total. The number of methoxy groups -OCH3 is 1. The van der Waals surface area contributed by atoms with Crippen LogP contribution in [0.2, 0.25) is 0 Å². The SMILES string of the molecule is COCC(C)(C)n1cnc2c(C(=O)O)cccc21. The minimum Gasteiger partial charge on any atom is -0.478 e. The second kappa shape index (κ2) is 4.42. The first kappa shape index (κ1) is 12.6. The molecule has 2 rings (SSSR count). The van der Waals surface area contributed by atoms with Gasteiger partial charge in [-0.15, -0.1) is 0 Å². The summed E-state index contributed by atoms with van der Waals surface area (Å²) in [5, 5.41) is 9.12. The Hall–Kier alpha value is -1.88. The minimum absolute atomic E-state index is 0.222. The zero-order chi connectivity index (χ0) is 13.3. The van der Waals surface area contributed by atoms with E-state index in [1.54, 1.807) is 25.6 Å². The van der Waals surface area contributed by atoms with Crippen LogP contribution in [0.3, 0.4) is 0 Å². The van der Waals surface area contributed by atoms with E-state index in [0.29, 0.717) is 12.1 Å². The molecule has 5 heteroatoms. The number of carboxylic acids is 1. The maximum Gasteiger partial charge on any atom is 0.337 e. The number of rotatable bonds is 4. The van der Waals surface area contributed by atoms with Gasteiger partial charge in [0.15, 0.2) is 0 Å². The van der Waals surface area contributed by atoms with Gasteiger partial charge in [0.2, 0.25) is 0 Å². The van der Waals surface area contributed by atoms with Gasteiger partial charge in [0, 0.05) is 7.11 Å². The molecule has 1 aromatic heterocycles. The van der Waals surface area contributed by atoms with Crippen LogP contribution in [-0.4, -0.2) is 34.3 Å². The van der Waals surface area contributed by atoms with Crippen molar-refractivity contribution in [2.75, 3.05) is 13.7 Å². The lowest BCUT2D eigenvalue weighted by Gasteiger charge is -2.26. The molecule has 0 fully saturated rings. The Morgan fingerprint density at radius 2 is 2.22 bits per heavy atom. The smallest absolute Gasteiger partial charge is 0.337 e. The fourth-order valence-electron chi connectivity index (χ4n) is 2.12. The zero-order valence-corrected chi connectivity index (χ0v) is 10.7. The van der Waals surface area contributed by atoms with Crippen LogP contribution in [0.25, 0.3) is 11.0 Å². The Morgan fingerprint density at radius 3 is 2.83 bits per heavy atom. The number of aromatic nitrogens is 2. The van der Waals surface area contributed by atoms with Crippen LogP contribution in [0.15, 0.2) is 24.5 Å². The van der Waals surface area contributed by atoms with Gasteiger partial charge in [-0.3, -0.25) is 0 Å². The van der Waals surface area contributed by atoms with Gasteiger partial charge in [-0.25, -0.2) is 9.78 Å². The Balaban J connectivity index is 2.62. The highest BCUT2D eigenvalue weighted by atomic mass is 16.5. The van der Waals surface area contributed by atoms with E-state index in [-0.39, 0.29) is 11.1 Å². The fraction of sp³-hybridized carbons (Fsp3) is 0.385. The standard InChI is InChI=1S/C13H16N2O3/c1-13(2,7-18-3)15-8-14-11-9(12(16)17)5-4-6-10(11)15/h4-6,8H,7H2,1-3H3,(H,16,17). The van der Waals surface area contributed by atoms with Crippen molar-refractivity contribution in [3.05, 3.63) is 30.1 Å². The Kier molecular flexibility index (Phi) is 3.09. The van der Waals surface area contributed by atoms with Gasteiger partial charge in [0.25, 0.3) is 0 Å². The molecule has 0 aliphatic heterocycles. The predicted molar refractivity (Wildman–Crippen MR) is 67.9 cm³/mol. The molecule has 18 heavy (non-hydrogen) atoms. The summed E-state index contributed by atoms with van der Waals surface area (Å²) in [5.74, 6) is -0.963. The van der Waals surface area contributed by atoms with E-state index in [4.69, 9.17) is 9.84 Å². The second-order valence-corrected chi connectivity index (χ2v) is 4.84. The molecule has 5 nitrogen and oxygen atoms in total. The molecule has 96 valence electrons. The van der Waals surface area contributed by atoms with Crippen LogP contribution in [0.5, 0.6) is 0 Å². The number of fused-ring (bicyclic) bond motifs is 1. The summed E-state index contributed by atoms with van der Waals surface area (Å²) in [6, 6.07) is 5.16. The lowest BCUT2D eigenvalue weighted by Crippen LogP contribution is -2.30. The zero-order valence-electron chi connectivity index (χ0n) is 10.7. The highest BCUT2D eigenvalue weighted by Crippen LogP contribution is 2.24. The van der Waals surface area contributed by atoms with Crippen LogP contribution in [0.4, 0.5) is 0 Å². The maximum atomic E-state index is 11.1. The number of imidazole rings is 1. The molecule has 0 radical (unpaired) electrons. The van der Waals surface area contributed by atoms with Crippen LogP contribution >= 0.6 is 0 Å². The van der Waals surface area contributed by atoms with E-state index in [9.17, 15) is 4.79 Å². The first-order valence-electron chi connectivity index (χ1n) is 5.66. The number of carbonyl (C=O) groups is 1. The summed E-state index contributed by atoms with van der Waals surface area (Å²) >= 11 is 0. The number of hydrogen-bond donors (Lipinski definition) is 1. The van der Waals surface area contributed by atoms with Crippen molar-refractivity contribution in [1.82, 2.24) is 9.55 Å². The molecular formula is C13H16N2O3. The van der Waals surface area contributed by atoms with Crippen LogP contribution in [0, 0.1) is 0 Å². The molecule has 0 saturated carbocycles. The Morgan fingerprint density at radius 1 is 1.50 bits per heavy atom. The van der Waals surface area contributed by atoms with Crippen molar-refractivity contribution >= 4 is 17.0 Å². The predicted octanol–water partition coefficient (Wildman–Crippen LogP) is 2.12. The van der Waals surface area contributed by atoms with Gasteiger partial charge in [-0.05, 0) is 26.0 Å². The number of carboxylic acid groups (broad SMARTS) is 1. The molecular weight excluding hydrogens is 232 g/mol. The lowest BCUT2D eigenvalue weighted by atomic mass is 10.1. The molecule has 0 atom stereocenters. The Bertz CT molecular complexity index is 587. The minimum atomic E-state index is -0.963. The number of hydrogen-bond acceptors (Lipinski definition) is 3. The van der Waals surface area contributed by atoms with Crippen molar-refractivity contribution in [2.45, 2.75) is 19.4 Å². The summed E-state index contributed by atoms with van der Waals surface area (Å²) in [6.45, 7) is 4.56. The van der Waals surface area contributed by atoms with Crippen LogP contribution in [-0.2, 0) is 10.3 Å². The van der Waals surface area contributed by atoms with Crippen molar-refractivity contribution in [1.29, 1.82) is 0 Å². The molecule has 0 amide bonds. The molecule has 0 bridgehead atoms. The van der Waals surface area contributed by atoms with E-state index >= 15 is 0 Å². The molecule has 0 spiro atoms. The third-order valence-corrected chi connectivity index (χ3v) is 2.96. The lowest BCUT2D eigenvalue weighted by molar-refractivity contribution is 0.0699. The topological polar surface area (TPSA) is 64.4 Å². The summed E-state index contributed by atoms with van der Waals surface area (Å²) in [7, 11) is 1.64. The average Bonchev–Trinajstić information content (AvgIpc) is 2.72. The second-order valence-electron chi connectivity index (χ2n) is 4.84. The molecule has 0 saturated heterocycles. The van der Waals surface area contributed by atoms with Crippen LogP contribution in [0.1, 0.15) is 24.2 Å². The van der Waals surface area contributed by atoms with E-state index < -0.39 is 5.97 Å². The molecule has 0 aliphatic carbocycles. The van der Waals surface area contributed by atoms with Gasteiger partial charge in [-0.2, -0.15) is 0 Å². The van der Waals surface area contributed by atoms with Crippen molar-refractivity contribution in [2.24, 2.45) is 0 Å². The van der Waals surface area contributed by atoms with Gasteiger partial charge >= 0.3 is 5.97 Å². The molecule has 1 aromatic carbocycles. The number of aromatic carboxylic acids is 1. The number of benzene rings is 1. The molecule has 2 aromatic rings. The maximum absolute atomic E-state index is 11.1. The molecule has 0 unspecified atom stereocenters. The van der Waals surface area contributed by atoms with Gasteiger partial charge < -0.3 is 14.4 Å². The van der Waals surface area contributed by atoms with Gasteiger partial charge in [0.1, 0.15) is 5.52 Å². The summed E-state index contributed by atoms with van der Waals surface area (Å²) in [4.78, 5) is 15.3. The number of para-hydroxylation sites is 1. The van der Waals surface area contributed by atoms with E-state index in [0.717, 1.165) is 5.52 Å².